The number of hydrogen-bond donors (Lipinski definition) is 3. The molecule has 0 saturated carbocycles. The number of hydrogen-bond acceptors (Lipinski definition) is 4. The molecule has 0 bridgehead atoms. The van der Waals surface area contributed by atoms with Gasteiger partial charge in [0.2, 0.25) is 0 Å². The Balaban J connectivity index is 2.05. The molecule has 21 heavy (non-hydrogen) atoms. The maximum atomic E-state index is 13.0. The number of rotatable bonds is 6. The highest BCUT2D eigenvalue weighted by atomic mass is 32.2. The molecule has 0 spiro atoms. The molecule has 1 aromatic carbocycles. The van der Waals surface area contributed by atoms with Crippen LogP contribution in [0.4, 0.5) is 4.39 Å². The van der Waals surface area contributed by atoms with E-state index < -0.39 is 16.6 Å². The minimum absolute atomic E-state index is 0.114. The number of halogens is 1. The standard InChI is InChI=1S/C13H16FN3O3S/c1-9-12(8-18)13(17-16-9)21(19,20)15-6-5-10-3-2-4-11(14)7-10/h2-4,7,15,18H,5-6,8H2,1H3,(H,16,17). The molecule has 6 nitrogen and oxygen atoms in total. The molecule has 0 amide bonds. The van der Waals surface area contributed by atoms with Gasteiger partial charge >= 0.3 is 0 Å². The minimum atomic E-state index is -3.81. The SMILES string of the molecule is Cc1[nH]nc(S(=O)(=O)NCCc2cccc(F)c2)c1CO. The minimum Gasteiger partial charge on any atom is -0.392 e. The number of benzene rings is 1. The van der Waals surface area contributed by atoms with Crippen LogP contribution in [0.25, 0.3) is 0 Å². The van der Waals surface area contributed by atoms with E-state index in [1.165, 1.54) is 12.1 Å². The Labute approximate surface area is 122 Å². The molecule has 0 fully saturated rings. The number of nitrogens with one attached hydrogen (secondary N) is 2. The molecule has 0 aliphatic carbocycles. The van der Waals surface area contributed by atoms with Gasteiger partial charge in [-0.05, 0) is 31.0 Å². The summed E-state index contributed by atoms with van der Waals surface area (Å²) in [5.74, 6) is -0.360. The molecule has 0 atom stereocenters. The first kappa shape index (κ1) is 15.6. The maximum Gasteiger partial charge on any atom is 0.260 e. The van der Waals surface area contributed by atoms with Gasteiger partial charge in [-0.25, -0.2) is 17.5 Å². The second kappa shape index (κ2) is 6.33. The monoisotopic (exact) mass is 313 g/mol. The van der Waals surface area contributed by atoms with E-state index in [1.807, 2.05) is 0 Å². The topological polar surface area (TPSA) is 95.1 Å². The smallest absolute Gasteiger partial charge is 0.260 e. The summed E-state index contributed by atoms with van der Waals surface area (Å²) in [7, 11) is -3.81. The normalized spacial score (nSPS) is 11.8. The molecule has 0 saturated heterocycles. The van der Waals surface area contributed by atoms with Crippen molar-refractivity contribution in [3.8, 4) is 0 Å². The van der Waals surface area contributed by atoms with Gasteiger partial charge in [0, 0.05) is 17.8 Å². The zero-order valence-electron chi connectivity index (χ0n) is 11.4. The van der Waals surface area contributed by atoms with E-state index in [-0.39, 0.29) is 23.0 Å². The number of aliphatic hydroxyl groups is 1. The molecule has 1 aromatic heterocycles. The fourth-order valence-electron chi connectivity index (χ4n) is 1.93. The largest absolute Gasteiger partial charge is 0.392 e. The van der Waals surface area contributed by atoms with Crippen LogP contribution < -0.4 is 4.72 Å². The quantitative estimate of drug-likeness (QED) is 0.737. The van der Waals surface area contributed by atoms with Crippen LogP contribution in [0, 0.1) is 12.7 Å². The zero-order chi connectivity index (χ0) is 15.5. The Morgan fingerprint density at radius 2 is 2.19 bits per heavy atom. The summed E-state index contributed by atoms with van der Waals surface area (Å²) in [5, 5.41) is 15.2. The highest BCUT2D eigenvalue weighted by molar-refractivity contribution is 7.89. The van der Waals surface area contributed by atoms with Crippen LogP contribution in [0.5, 0.6) is 0 Å². The Hall–Kier alpha value is -1.77. The Bertz CT molecular complexity index is 728. The van der Waals surface area contributed by atoms with Crippen molar-refractivity contribution in [2.45, 2.75) is 25.0 Å². The third-order valence-corrected chi connectivity index (χ3v) is 4.47. The van der Waals surface area contributed by atoms with Crippen LogP contribution in [0.15, 0.2) is 29.3 Å². The summed E-state index contributed by atoms with van der Waals surface area (Å²) in [6.45, 7) is 1.33. The lowest BCUT2D eigenvalue weighted by Crippen LogP contribution is -2.27. The van der Waals surface area contributed by atoms with E-state index in [4.69, 9.17) is 0 Å². The lowest BCUT2D eigenvalue weighted by atomic mass is 10.1. The first-order chi connectivity index (χ1) is 9.94. The highest BCUT2D eigenvalue weighted by Gasteiger charge is 2.22. The van der Waals surface area contributed by atoms with Gasteiger partial charge < -0.3 is 5.11 Å². The van der Waals surface area contributed by atoms with E-state index in [1.54, 1.807) is 19.1 Å². The lowest BCUT2D eigenvalue weighted by molar-refractivity contribution is 0.277. The molecule has 0 unspecified atom stereocenters. The van der Waals surface area contributed by atoms with Gasteiger partial charge in [0.1, 0.15) is 5.82 Å². The van der Waals surface area contributed by atoms with E-state index in [0.717, 1.165) is 0 Å². The van der Waals surface area contributed by atoms with Crippen molar-refractivity contribution in [1.82, 2.24) is 14.9 Å². The third kappa shape index (κ3) is 3.66. The molecule has 114 valence electrons. The summed E-state index contributed by atoms with van der Waals surface area (Å²) in [5.41, 5.74) is 1.44. The van der Waals surface area contributed by atoms with Crippen molar-refractivity contribution < 1.29 is 17.9 Å². The van der Waals surface area contributed by atoms with Crippen LogP contribution in [-0.4, -0.2) is 30.3 Å². The molecular weight excluding hydrogens is 297 g/mol. The van der Waals surface area contributed by atoms with Gasteiger partial charge in [0.25, 0.3) is 10.0 Å². The van der Waals surface area contributed by atoms with E-state index in [2.05, 4.69) is 14.9 Å². The Morgan fingerprint density at radius 3 is 2.86 bits per heavy atom. The average molecular weight is 313 g/mol. The molecule has 0 aliphatic rings. The fourth-order valence-corrected chi connectivity index (χ4v) is 3.14. The number of nitrogens with zero attached hydrogens (tertiary/aromatic N) is 1. The molecule has 2 aromatic rings. The van der Waals surface area contributed by atoms with E-state index >= 15 is 0 Å². The summed E-state index contributed by atoms with van der Waals surface area (Å²) >= 11 is 0. The number of aromatic nitrogens is 2. The number of sulfonamides is 1. The van der Waals surface area contributed by atoms with Crippen molar-refractivity contribution in [3.63, 3.8) is 0 Å². The van der Waals surface area contributed by atoms with Crippen molar-refractivity contribution in [2.75, 3.05) is 6.54 Å². The number of aromatic amines is 1. The lowest BCUT2D eigenvalue weighted by Gasteiger charge is -2.06. The van der Waals surface area contributed by atoms with Gasteiger partial charge in [-0.15, -0.1) is 0 Å². The summed E-state index contributed by atoms with van der Waals surface area (Å²) < 4.78 is 39.6. The number of H-pyrrole nitrogens is 1. The molecule has 3 N–H and O–H groups in total. The molecule has 2 rings (SSSR count). The van der Waals surface area contributed by atoms with Crippen LogP contribution in [0.1, 0.15) is 16.8 Å². The molecule has 0 aliphatic heterocycles. The second-order valence-electron chi connectivity index (χ2n) is 4.57. The van der Waals surface area contributed by atoms with Gasteiger partial charge in [-0.2, -0.15) is 5.10 Å². The summed E-state index contributed by atoms with van der Waals surface area (Å²) in [4.78, 5) is 0. The van der Waals surface area contributed by atoms with Crippen molar-refractivity contribution in [2.24, 2.45) is 0 Å². The molecule has 8 heteroatoms. The van der Waals surface area contributed by atoms with Gasteiger partial charge in [0.05, 0.1) is 6.61 Å². The number of aryl methyl sites for hydroxylation is 1. The van der Waals surface area contributed by atoms with Crippen LogP contribution in [0.2, 0.25) is 0 Å². The first-order valence-electron chi connectivity index (χ1n) is 6.33. The fraction of sp³-hybridized carbons (Fsp3) is 0.308. The van der Waals surface area contributed by atoms with E-state index in [0.29, 0.717) is 17.7 Å². The summed E-state index contributed by atoms with van der Waals surface area (Å²) in [6, 6.07) is 5.97. The molecule has 1 heterocycles. The van der Waals surface area contributed by atoms with Crippen LogP contribution >= 0.6 is 0 Å². The second-order valence-corrected chi connectivity index (χ2v) is 6.25. The average Bonchev–Trinajstić information content (AvgIpc) is 2.80. The summed E-state index contributed by atoms with van der Waals surface area (Å²) in [6.07, 6.45) is 0.356. The van der Waals surface area contributed by atoms with Crippen LogP contribution in [0.3, 0.4) is 0 Å². The zero-order valence-corrected chi connectivity index (χ0v) is 12.2. The molecular formula is C13H16FN3O3S. The molecule has 0 radical (unpaired) electrons. The van der Waals surface area contributed by atoms with Crippen molar-refractivity contribution >= 4 is 10.0 Å². The third-order valence-electron chi connectivity index (χ3n) is 3.04. The Morgan fingerprint density at radius 1 is 1.43 bits per heavy atom. The van der Waals surface area contributed by atoms with Crippen molar-refractivity contribution in [1.29, 1.82) is 0 Å². The van der Waals surface area contributed by atoms with Crippen LogP contribution in [-0.2, 0) is 23.1 Å². The Kier molecular flexibility index (Phi) is 4.71. The van der Waals surface area contributed by atoms with Crippen molar-refractivity contribution in [3.05, 3.63) is 46.9 Å². The van der Waals surface area contributed by atoms with Gasteiger partial charge in [0.15, 0.2) is 5.03 Å². The maximum absolute atomic E-state index is 13.0. The highest BCUT2D eigenvalue weighted by Crippen LogP contribution is 2.15. The van der Waals surface area contributed by atoms with Gasteiger partial charge in [-0.1, -0.05) is 12.1 Å². The predicted octanol–water partition coefficient (Wildman–Crippen LogP) is 0.871. The first-order valence-corrected chi connectivity index (χ1v) is 7.81. The predicted molar refractivity (Wildman–Crippen MR) is 74.5 cm³/mol. The van der Waals surface area contributed by atoms with E-state index in [9.17, 15) is 17.9 Å². The number of aliphatic hydroxyl groups excluding tert-OH is 1. The van der Waals surface area contributed by atoms with Gasteiger partial charge in [-0.3, -0.25) is 5.10 Å².